The van der Waals surface area contributed by atoms with Crippen LogP contribution in [0, 0.1) is 13.8 Å². The smallest absolute Gasteiger partial charge is 0.317 e. The summed E-state index contributed by atoms with van der Waals surface area (Å²) in [6, 6.07) is 13.7. The zero-order valence-electron chi connectivity index (χ0n) is 24.8. The van der Waals surface area contributed by atoms with E-state index in [0.29, 0.717) is 37.3 Å². The SMILES string of the molecule is Cc1cc(CNCC(=O)O)c(O)c(CN2CCCN(Cc3cc(C)cc(CNCC(=O)O)c3O)Cc3cccc(n3)C2)c1. The van der Waals surface area contributed by atoms with Crippen LogP contribution in [0.25, 0.3) is 0 Å². The molecule has 3 aromatic rings. The second-order valence-electron chi connectivity index (χ2n) is 11.3. The molecule has 0 atom stereocenters. The number of carboxylic acid groups (broad SMARTS) is 2. The number of carbonyl (C=O) groups is 2. The molecule has 1 aliphatic rings. The summed E-state index contributed by atoms with van der Waals surface area (Å²) in [4.78, 5) is 31.3. The fraction of sp³-hybridized carbons (Fsp3) is 0.406. The highest BCUT2D eigenvalue weighted by atomic mass is 16.4. The van der Waals surface area contributed by atoms with E-state index in [4.69, 9.17) is 15.2 Å². The molecule has 0 spiro atoms. The first kappa shape index (κ1) is 31.9. The highest BCUT2D eigenvalue weighted by molar-refractivity contribution is 5.69. The molecule has 2 aromatic carbocycles. The highest BCUT2D eigenvalue weighted by Gasteiger charge is 2.19. The van der Waals surface area contributed by atoms with Crippen molar-refractivity contribution in [3.05, 3.63) is 87.2 Å². The first-order valence-corrected chi connectivity index (χ1v) is 14.4. The Kier molecular flexibility index (Phi) is 11.1. The molecule has 43 heavy (non-hydrogen) atoms. The summed E-state index contributed by atoms with van der Waals surface area (Å²) in [7, 11) is 0. The van der Waals surface area contributed by atoms with Gasteiger partial charge in [-0.3, -0.25) is 24.4 Å². The number of fused-ring (bicyclic) bond motifs is 2. The van der Waals surface area contributed by atoms with E-state index in [1.165, 1.54) is 0 Å². The third-order valence-corrected chi connectivity index (χ3v) is 7.38. The third-order valence-electron chi connectivity index (χ3n) is 7.38. The Hall–Kier alpha value is -4.03. The van der Waals surface area contributed by atoms with E-state index in [2.05, 4.69) is 20.4 Å². The molecule has 2 heterocycles. The van der Waals surface area contributed by atoms with Crippen LogP contribution in [0.15, 0.2) is 42.5 Å². The van der Waals surface area contributed by atoms with Gasteiger partial charge in [-0.15, -0.1) is 0 Å². The van der Waals surface area contributed by atoms with Gasteiger partial charge in [-0.2, -0.15) is 0 Å². The molecule has 0 amide bonds. The molecule has 0 fully saturated rings. The monoisotopic (exact) mass is 591 g/mol. The van der Waals surface area contributed by atoms with E-state index in [9.17, 15) is 19.8 Å². The van der Waals surface area contributed by atoms with Crippen molar-refractivity contribution in [3.8, 4) is 11.5 Å². The Labute approximate surface area is 251 Å². The number of carboxylic acids is 2. The number of phenols is 2. The van der Waals surface area contributed by atoms with Gasteiger partial charge >= 0.3 is 11.9 Å². The number of pyridine rings is 1. The lowest BCUT2D eigenvalue weighted by atomic mass is 10.0. The molecule has 0 saturated carbocycles. The molecule has 0 radical (unpaired) electrons. The van der Waals surface area contributed by atoms with Crippen LogP contribution in [0.3, 0.4) is 0 Å². The maximum atomic E-state index is 11.0. The van der Waals surface area contributed by atoms with Crippen LogP contribution in [-0.2, 0) is 48.9 Å². The number of nitrogens with zero attached hydrogens (tertiary/aromatic N) is 3. The van der Waals surface area contributed by atoms with Crippen molar-refractivity contribution in [1.82, 2.24) is 25.4 Å². The van der Waals surface area contributed by atoms with Crippen LogP contribution in [-0.4, -0.2) is 73.3 Å². The minimum Gasteiger partial charge on any atom is -0.507 e. The molecule has 11 heteroatoms. The number of aryl methyl sites for hydroxylation is 2. The number of benzene rings is 2. The molecule has 0 unspecified atom stereocenters. The van der Waals surface area contributed by atoms with Gasteiger partial charge in [0, 0.05) is 74.6 Å². The maximum absolute atomic E-state index is 11.0. The van der Waals surface area contributed by atoms with Crippen LogP contribution in [0.2, 0.25) is 0 Å². The van der Waals surface area contributed by atoms with Crippen LogP contribution >= 0.6 is 0 Å². The number of rotatable bonds is 12. The first-order chi connectivity index (χ1) is 20.6. The molecule has 1 aromatic heterocycles. The number of aromatic hydroxyl groups is 2. The van der Waals surface area contributed by atoms with Gasteiger partial charge in [0.15, 0.2) is 0 Å². The van der Waals surface area contributed by atoms with Crippen molar-refractivity contribution in [1.29, 1.82) is 0 Å². The minimum atomic E-state index is -0.949. The van der Waals surface area contributed by atoms with Crippen LogP contribution in [0.1, 0.15) is 51.2 Å². The number of phenolic OH excluding ortho intramolecular Hbond substituents is 2. The van der Waals surface area contributed by atoms with Gasteiger partial charge in [0.2, 0.25) is 0 Å². The number of aromatic nitrogens is 1. The van der Waals surface area contributed by atoms with Crippen LogP contribution < -0.4 is 10.6 Å². The molecular formula is C32H41N5O6. The van der Waals surface area contributed by atoms with E-state index in [0.717, 1.165) is 53.2 Å². The van der Waals surface area contributed by atoms with Crippen molar-refractivity contribution < 1.29 is 30.0 Å². The fourth-order valence-electron chi connectivity index (χ4n) is 5.58. The predicted molar refractivity (Wildman–Crippen MR) is 161 cm³/mol. The van der Waals surface area contributed by atoms with Gasteiger partial charge in [-0.25, -0.2) is 0 Å². The lowest BCUT2D eigenvalue weighted by molar-refractivity contribution is -0.137. The summed E-state index contributed by atoms with van der Waals surface area (Å²) in [5.41, 5.74) is 6.74. The van der Waals surface area contributed by atoms with E-state index in [1.807, 2.05) is 56.3 Å². The summed E-state index contributed by atoms with van der Waals surface area (Å²) in [5, 5.41) is 45.7. The highest BCUT2D eigenvalue weighted by Crippen LogP contribution is 2.28. The number of hydrogen-bond acceptors (Lipinski definition) is 9. The standard InChI is InChI=1S/C32H41N5O6/c1-21-9-23(13-33-15-29(38)39)31(42)25(11-21)17-36-7-4-8-37(20-28-6-3-5-27(19-36)35-28)18-26-12-22(2)10-24(32(26)43)14-34-16-30(40)41/h3,5-6,9-12,33-34,42-43H,4,7-8,13-20H2,1-2H3,(H,38,39)(H,40,41). The van der Waals surface area contributed by atoms with E-state index < -0.39 is 11.9 Å². The Bertz CT molecular complexity index is 1340. The molecule has 1 aliphatic heterocycles. The van der Waals surface area contributed by atoms with Crippen molar-refractivity contribution in [3.63, 3.8) is 0 Å². The lowest BCUT2D eigenvalue weighted by Crippen LogP contribution is -2.32. The lowest BCUT2D eigenvalue weighted by Gasteiger charge is -2.29. The van der Waals surface area contributed by atoms with Gasteiger partial charge in [0.1, 0.15) is 11.5 Å². The van der Waals surface area contributed by atoms with Crippen molar-refractivity contribution in [2.24, 2.45) is 0 Å². The topological polar surface area (TPSA) is 158 Å². The van der Waals surface area contributed by atoms with Crippen molar-refractivity contribution >= 4 is 11.9 Å². The molecule has 6 N–H and O–H groups in total. The zero-order valence-corrected chi connectivity index (χ0v) is 24.8. The second kappa shape index (κ2) is 14.9. The van der Waals surface area contributed by atoms with E-state index in [1.54, 1.807) is 0 Å². The molecule has 0 saturated heterocycles. The van der Waals surface area contributed by atoms with Crippen molar-refractivity contribution in [2.75, 3.05) is 26.2 Å². The molecule has 230 valence electrons. The van der Waals surface area contributed by atoms with Crippen LogP contribution in [0.4, 0.5) is 0 Å². The summed E-state index contributed by atoms with van der Waals surface area (Å²) < 4.78 is 0. The third kappa shape index (κ3) is 9.48. The quantitative estimate of drug-likeness (QED) is 0.184. The molecular weight excluding hydrogens is 550 g/mol. The average Bonchev–Trinajstić information content (AvgIpc) is 2.93. The molecule has 0 aliphatic carbocycles. The largest absolute Gasteiger partial charge is 0.507 e. The second-order valence-corrected chi connectivity index (χ2v) is 11.3. The Morgan fingerprint density at radius 2 is 1.16 bits per heavy atom. The van der Waals surface area contributed by atoms with Crippen LogP contribution in [0.5, 0.6) is 11.5 Å². The van der Waals surface area contributed by atoms with E-state index in [-0.39, 0.29) is 37.7 Å². The normalized spacial score (nSPS) is 14.5. The zero-order chi connectivity index (χ0) is 30.9. The molecule has 4 rings (SSSR count). The Morgan fingerprint density at radius 1 is 0.744 bits per heavy atom. The first-order valence-electron chi connectivity index (χ1n) is 14.4. The molecule has 2 bridgehead atoms. The Morgan fingerprint density at radius 3 is 1.58 bits per heavy atom. The number of hydrogen-bond donors (Lipinski definition) is 6. The Balaban J connectivity index is 1.50. The minimum absolute atomic E-state index is 0.174. The molecule has 11 nitrogen and oxygen atoms in total. The maximum Gasteiger partial charge on any atom is 0.317 e. The summed E-state index contributed by atoms with van der Waals surface area (Å²) in [6.07, 6.45) is 0.851. The van der Waals surface area contributed by atoms with Crippen molar-refractivity contribution in [2.45, 2.75) is 59.5 Å². The predicted octanol–water partition coefficient (Wildman–Crippen LogP) is 2.87. The fourth-order valence-corrected chi connectivity index (χ4v) is 5.58. The van der Waals surface area contributed by atoms with E-state index >= 15 is 0 Å². The van der Waals surface area contributed by atoms with Gasteiger partial charge < -0.3 is 31.1 Å². The van der Waals surface area contributed by atoms with Gasteiger partial charge in [0.05, 0.1) is 24.5 Å². The summed E-state index contributed by atoms with van der Waals surface area (Å²) in [5.74, 6) is -1.55. The summed E-state index contributed by atoms with van der Waals surface area (Å²) >= 11 is 0. The van der Waals surface area contributed by atoms with Gasteiger partial charge in [-0.1, -0.05) is 41.5 Å². The number of nitrogens with one attached hydrogen (secondary N) is 2. The number of aliphatic carboxylic acids is 2. The van der Waals surface area contributed by atoms with Gasteiger partial charge in [0.25, 0.3) is 0 Å². The van der Waals surface area contributed by atoms with Gasteiger partial charge in [-0.05, 0) is 32.4 Å². The average molecular weight is 592 g/mol. The summed E-state index contributed by atoms with van der Waals surface area (Å²) in [6.45, 7) is 7.86.